The first kappa shape index (κ1) is 18.1. The fourth-order valence-electron chi connectivity index (χ4n) is 2.84. The molecule has 0 aliphatic carbocycles. The van der Waals surface area contributed by atoms with E-state index in [4.69, 9.17) is 10.5 Å². The van der Waals surface area contributed by atoms with Crippen molar-refractivity contribution in [3.63, 3.8) is 0 Å². The molecule has 128 valence electrons. The number of likely N-dealkylation sites (N-methyl/N-ethyl adjacent to an activating group) is 1. The molecule has 1 saturated heterocycles. The van der Waals surface area contributed by atoms with Crippen molar-refractivity contribution < 1.29 is 4.74 Å². The molecule has 1 heterocycles. The summed E-state index contributed by atoms with van der Waals surface area (Å²) in [5, 5.41) is 3.24. The fourth-order valence-corrected chi connectivity index (χ4v) is 3.22. The Bertz CT molecular complexity index is 523. The van der Waals surface area contributed by atoms with Gasteiger partial charge in [-0.1, -0.05) is 19.1 Å². The number of likely N-dealkylation sites (tertiary alicyclic amines) is 1. The Hall–Kier alpha value is -1.27. The first-order valence-electron chi connectivity index (χ1n) is 8.29. The van der Waals surface area contributed by atoms with E-state index in [1.165, 1.54) is 19.4 Å². The molecule has 0 amide bonds. The van der Waals surface area contributed by atoms with Crippen molar-refractivity contribution in [2.45, 2.75) is 38.8 Å². The minimum atomic E-state index is -0.0346. The molecule has 2 atom stereocenters. The van der Waals surface area contributed by atoms with Crippen molar-refractivity contribution in [3.8, 4) is 5.75 Å². The average Bonchev–Trinajstić information content (AvgIpc) is 3.00. The van der Waals surface area contributed by atoms with Gasteiger partial charge in [-0.15, -0.1) is 0 Å². The molecule has 0 radical (unpaired) electrons. The van der Waals surface area contributed by atoms with E-state index >= 15 is 0 Å². The maximum atomic E-state index is 5.97. The third kappa shape index (κ3) is 5.70. The fraction of sp³-hybridized carbons (Fsp3) is 0.588. The molecular weight excluding hydrogens is 356 g/mol. The van der Waals surface area contributed by atoms with Crippen molar-refractivity contribution in [1.82, 2.24) is 10.2 Å². The smallest absolute Gasteiger partial charge is 0.188 e. The van der Waals surface area contributed by atoms with Crippen LogP contribution < -0.4 is 15.8 Å². The maximum Gasteiger partial charge on any atom is 0.188 e. The zero-order valence-corrected chi connectivity index (χ0v) is 15.6. The first-order valence-corrected chi connectivity index (χ1v) is 9.08. The van der Waals surface area contributed by atoms with Gasteiger partial charge in [-0.2, -0.15) is 0 Å². The van der Waals surface area contributed by atoms with E-state index in [0.717, 1.165) is 23.3 Å². The van der Waals surface area contributed by atoms with Crippen LogP contribution in [0, 0.1) is 0 Å². The predicted molar refractivity (Wildman–Crippen MR) is 99.0 cm³/mol. The normalized spacial score (nSPS) is 20.5. The Labute approximate surface area is 147 Å². The van der Waals surface area contributed by atoms with E-state index in [2.05, 4.69) is 38.1 Å². The minimum absolute atomic E-state index is 0.0346. The number of rotatable bonds is 7. The summed E-state index contributed by atoms with van der Waals surface area (Å²) in [7, 11) is 0. The Morgan fingerprint density at radius 3 is 3.04 bits per heavy atom. The number of ether oxygens (including phenoxy) is 1. The molecule has 0 bridgehead atoms. The molecule has 5 nitrogen and oxygen atoms in total. The number of para-hydroxylation sites is 1. The summed E-state index contributed by atoms with van der Waals surface area (Å²) < 4.78 is 6.81. The highest BCUT2D eigenvalue weighted by Gasteiger charge is 2.22. The summed E-state index contributed by atoms with van der Waals surface area (Å²) in [5.74, 6) is 1.32. The van der Waals surface area contributed by atoms with Crippen LogP contribution in [0.25, 0.3) is 0 Å². The molecule has 1 fully saturated rings. The van der Waals surface area contributed by atoms with Crippen molar-refractivity contribution >= 4 is 21.9 Å². The second kappa shape index (κ2) is 9.13. The van der Waals surface area contributed by atoms with Crippen LogP contribution >= 0.6 is 15.9 Å². The molecule has 2 rings (SSSR count). The summed E-state index contributed by atoms with van der Waals surface area (Å²) in [6, 6.07) is 8.38. The van der Waals surface area contributed by atoms with E-state index in [-0.39, 0.29) is 6.10 Å². The van der Waals surface area contributed by atoms with Crippen molar-refractivity contribution in [2.75, 3.05) is 26.2 Å². The van der Waals surface area contributed by atoms with Gasteiger partial charge in [-0.25, -0.2) is 4.99 Å². The molecule has 1 aliphatic rings. The molecule has 2 unspecified atom stereocenters. The molecule has 23 heavy (non-hydrogen) atoms. The Morgan fingerprint density at radius 2 is 2.30 bits per heavy atom. The zero-order valence-electron chi connectivity index (χ0n) is 14.0. The lowest BCUT2D eigenvalue weighted by Crippen LogP contribution is -2.43. The van der Waals surface area contributed by atoms with Crippen LogP contribution in [0.2, 0.25) is 0 Å². The third-order valence-corrected chi connectivity index (χ3v) is 4.76. The lowest BCUT2D eigenvalue weighted by molar-refractivity contribution is 0.228. The lowest BCUT2D eigenvalue weighted by Gasteiger charge is -2.23. The second-order valence-corrected chi connectivity index (χ2v) is 6.74. The molecule has 3 N–H and O–H groups in total. The number of benzene rings is 1. The Kier molecular flexibility index (Phi) is 7.17. The van der Waals surface area contributed by atoms with Crippen LogP contribution in [-0.4, -0.2) is 49.2 Å². The average molecular weight is 383 g/mol. The number of hydrogen-bond donors (Lipinski definition) is 2. The van der Waals surface area contributed by atoms with E-state index in [1.54, 1.807) is 0 Å². The van der Waals surface area contributed by atoms with Gasteiger partial charge < -0.3 is 15.8 Å². The van der Waals surface area contributed by atoms with E-state index in [9.17, 15) is 0 Å². The predicted octanol–water partition coefficient (Wildman–Crippen LogP) is 2.61. The largest absolute Gasteiger partial charge is 0.488 e. The number of guanidine groups is 1. The van der Waals surface area contributed by atoms with Gasteiger partial charge in [-0.05, 0) is 60.9 Å². The maximum absolute atomic E-state index is 5.97. The van der Waals surface area contributed by atoms with Gasteiger partial charge in [0.15, 0.2) is 5.96 Å². The highest BCUT2D eigenvalue weighted by Crippen LogP contribution is 2.24. The topological polar surface area (TPSA) is 62.9 Å². The number of hydrogen-bond acceptors (Lipinski definition) is 3. The van der Waals surface area contributed by atoms with Crippen LogP contribution in [0.5, 0.6) is 5.75 Å². The molecule has 6 heteroatoms. The van der Waals surface area contributed by atoms with Crippen LogP contribution in [0.3, 0.4) is 0 Å². The summed E-state index contributed by atoms with van der Waals surface area (Å²) in [5.41, 5.74) is 5.97. The zero-order chi connectivity index (χ0) is 16.7. The highest BCUT2D eigenvalue weighted by atomic mass is 79.9. The quantitative estimate of drug-likeness (QED) is 0.561. The molecule has 1 aliphatic heterocycles. The van der Waals surface area contributed by atoms with Crippen molar-refractivity contribution in [3.05, 3.63) is 28.7 Å². The Morgan fingerprint density at radius 1 is 1.52 bits per heavy atom. The lowest BCUT2D eigenvalue weighted by atomic mass is 10.2. The number of halogens is 1. The van der Waals surface area contributed by atoms with Crippen LogP contribution in [-0.2, 0) is 0 Å². The van der Waals surface area contributed by atoms with E-state index in [0.29, 0.717) is 18.5 Å². The summed E-state index contributed by atoms with van der Waals surface area (Å²) in [4.78, 5) is 6.87. The van der Waals surface area contributed by atoms with Gasteiger partial charge in [0.1, 0.15) is 11.9 Å². The highest BCUT2D eigenvalue weighted by molar-refractivity contribution is 9.10. The molecular formula is C17H27BrN4O. The van der Waals surface area contributed by atoms with E-state index < -0.39 is 0 Å². The molecule has 0 aromatic heterocycles. The third-order valence-electron chi connectivity index (χ3n) is 4.11. The van der Waals surface area contributed by atoms with E-state index in [1.807, 2.05) is 31.2 Å². The van der Waals surface area contributed by atoms with Gasteiger partial charge in [0, 0.05) is 12.6 Å². The minimum Gasteiger partial charge on any atom is -0.488 e. The standard InChI is InChI=1S/C17H27BrN4O/c1-3-22-10-6-7-14(22)12-21-17(19)20-11-13(2)23-16-9-5-4-8-15(16)18/h4-5,8-9,13-14H,3,6-7,10-12H2,1-2H3,(H3,19,20,21). The number of aliphatic imine (C=N–C) groups is 1. The molecule has 1 aromatic rings. The molecule has 0 saturated carbocycles. The summed E-state index contributed by atoms with van der Waals surface area (Å²) in [6.45, 7) is 7.88. The van der Waals surface area contributed by atoms with Crippen molar-refractivity contribution in [1.29, 1.82) is 0 Å². The second-order valence-electron chi connectivity index (χ2n) is 5.89. The monoisotopic (exact) mass is 382 g/mol. The van der Waals surface area contributed by atoms with Crippen LogP contribution in [0.4, 0.5) is 0 Å². The van der Waals surface area contributed by atoms with Crippen molar-refractivity contribution in [2.24, 2.45) is 10.7 Å². The first-order chi connectivity index (χ1) is 11.1. The van der Waals surface area contributed by atoms with Crippen LogP contribution in [0.15, 0.2) is 33.7 Å². The number of nitrogens with zero attached hydrogens (tertiary/aromatic N) is 2. The van der Waals surface area contributed by atoms with Gasteiger partial charge in [-0.3, -0.25) is 4.90 Å². The van der Waals surface area contributed by atoms with Crippen LogP contribution in [0.1, 0.15) is 26.7 Å². The van der Waals surface area contributed by atoms with Gasteiger partial charge in [0.25, 0.3) is 0 Å². The molecule has 0 spiro atoms. The van der Waals surface area contributed by atoms with Gasteiger partial charge in [0.2, 0.25) is 0 Å². The summed E-state index contributed by atoms with van der Waals surface area (Å²) in [6.07, 6.45) is 2.47. The SMILES string of the molecule is CCN1CCCC1CNC(N)=NCC(C)Oc1ccccc1Br. The van der Waals surface area contributed by atoms with Gasteiger partial charge in [0.05, 0.1) is 11.0 Å². The van der Waals surface area contributed by atoms with Gasteiger partial charge >= 0.3 is 0 Å². The number of nitrogens with one attached hydrogen (secondary N) is 1. The summed E-state index contributed by atoms with van der Waals surface area (Å²) >= 11 is 3.48. The molecule has 1 aromatic carbocycles. The number of nitrogens with two attached hydrogens (primary N) is 1. The Balaban J connectivity index is 1.74.